The first-order valence-electron chi connectivity index (χ1n) is 13.3. The largest absolute Gasteiger partial charge is 0.458 e. The van der Waals surface area contributed by atoms with Gasteiger partial charge >= 0.3 is 5.97 Å². The summed E-state index contributed by atoms with van der Waals surface area (Å²) in [6.07, 6.45) is 20.4. The quantitative estimate of drug-likeness (QED) is 0.263. The fraction of sp³-hybridized carbons (Fsp3) is 0.581. The molecule has 1 rings (SSSR count). The Labute approximate surface area is 218 Å². The number of aliphatic hydroxyl groups is 3. The number of carbonyl (C=O) groups is 1. The lowest BCUT2D eigenvalue weighted by Crippen LogP contribution is -2.37. The van der Waals surface area contributed by atoms with Gasteiger partial charge < -0.3 is 20.1 Å². The monoisotopic (exact) mass is 500 g/mol. The van der Waals surface area contributed by atoms with Crippen LogP contribution >= 0.6 is 0 Å². The van der Waals surface area contributed by atoms with Gasteiger partial charge in [-0.1, -0.05) is 102 Å². The molecule has 9 atom stereocenters. The maximum Gasteiger partial charge on any atom is 0.331 e. The first kappa shape index (κ1) is 31.8. The summed E-state index contributed by atoms with van der Waals surface area (Å²) >= 11 is 0. The highest BCUT2D eigenvalue weighted by Crippen LogP contribution is 2.25. The van der Waals surface area contributed by atoms with E-state index in [-0.39, 0.29) is 29.6 Å². The second-order valence-corrected chi connectivity index (χ2v) is 10.2. The van der Waals surface area contributed by atoms with Crippen molar-refractivity contribution >= 4 is 5.97 Å². The van der Waals surface area contributed by atoms with Gasteiger partial charge in [0.1, 0.15) is 6.10 Å². The van der Waals surface area contributed by atoms with E-state index in [4.69, 9.17) is 4.74 Å². The number of ether oxygens (including phenoxy) is 1. The smallest absolute Gasteiger partial charge is 0.331 e. The summed E-state index contributed by atoms with van der Waals surface area (Å²) < 4.78 is 5.78. The lowest BCUT2D eigenvalue weighted by atomic mass is 9.86. The lowest BCUT2D eigenvalue weighted by Gasteiger charge is -2.30. The molecule has 1 heterocycles. The fourth-order valence-corrected chi connectivity index (χ4v) is 4.34. The summed E-state index contributed by atoms with van der Waals surface area (Å²) in [4.78, 5) is 12.6. The van der Waals surface area contributed by atoms with Crippen LogP contribution in [0.2, 0.25) is 0 Å². The molecule has 9 unspecified atom stereocenters. The minimum Gasteiger partial charge on any atom is -0.458 e. The number of allylic oxidation sites excluding steroid dienone is 6. The number of aliphatic hydroxyl groups excluding tert-OH is 3. The van der Waals surface area contributed by atoms with Gasteiger partial charge in [-0.15, -0.1) is 0 Å². The molecule has 36 heavy (non-hydrogen) atoms. The molecule has 0 fully saturated rings. The molecule has 0 aromatic heterocycles. The number of rotatable bonds is 3. The van der Waals surface area contributed by atoms with E-state index in [9.17, 15) is 20.1 Å². The van der Waals surface area contributed by atoms with E-state index in [1.165, 1.54) is 6.08 Å². The molecule has 1 aliphatic rings. The van der Waals surface area contributed by atoms with Crippen molar-refractivity contribution in [2.24, 2.45) is 29.6 Å². The number of cyclic esters (lactones) is 1. The minimum atomic E-state index is -0.654. The number of hydrogen-bond donors (Lipinski definition) is 3. The van der Waals surface area contributed by atoms with E-state index in [1.807, 2.05) is 77.2 Å². The Morgan fingerprint density at radius 1 is 0.917 bits per heavy atom. The van der Waals surface area contributed by atoms with Crippen molar-refractivity contribution < 1.29 is 24.9 Å². The number of hydrogen-bond acceptors (Lipinski definition) is 5. The number of esters is 1. The normalized spacial score (nSPS) is 38.6. The van der Waals surface area contributed by atoms with E-state index in [2.05, 4.69) is 6.58 Å². The van der Waals surface area contributed by atoms with Crippen molar-refractivity contribution in [1.29, 1.82) is 0 Å². The Hall–Kier alpha value is -2.21. The van der Waals surface area contributed by atoms with Gasteiger partial charge in [0.15, 0.2) is 0 Å². The second kappa shape index (κ2) is 17.3. The highest BCUT2D eigenvalue weighted by atomic mass is 16.5. The van der Waals surface area contributed by atoms with Crippen molar-refractivity contribution in [2.75, 3.05) is 0 Å². The molecule has 5 heteroatoms. The standard InChI is InChI=1S/C31H48O5/c1-7-8-15-25(5)31-26(6)28(33)20-13-10-18-24(4)30(35)23(3)17-9-12-19-27(32)22(2)16-11-14-21-29(34)36-31/h7-11,14-18,21-28,30-33,35H,1,12-13,19-20H2,2-6H3/b15-8+,16-11+,17-9+,18-10+,21-14+. The lowest BCUT2D eigenvalue weighted by molar-refractivity contribution is -0.150. The van der Waals surface area contributed by atoms with Crippen LogP contribution in [0.1, 0.15) is 60.3 Å². The Balaban J connectivity index is 3.11. The summed E-state index contributed by atoms with van der Waals surface area (Å²) in [7, 11) is 0. The zero-order valence-corrected chi connectivity index (χ0v) is 22.7. The highest BCUT2D eigenvalue weighted by Gasteiger charge is 2.30. The molecule has 1 aliphatic heterocycles. The average Bonchev–Trinajstić information content (AvgIpc) is 2.86. The molecule has 0 amide bonds. The molecule has 0 aromatic carbocycles. The van der Waals surface area contributed by atoms with Crippen molar-refractivity contribution in [3.63, 3.8) is 0 Å². The van der Waals surface area contributed by atoms with Crippen LogP contribution in [-0.4, -0.2) is 45.7 Å². The predicted octanol–water partition coefficient (Wildman–Crippen LogP) is 5.70. The average molecular weight is 501 g/mol. The first-order valence-corrected chi connectivity index (χ1v) is 13.3. The van der Waals surface area contributed by atoms with Crippen LogP contribution in [0, 0.1) is 29.6 Å². The van der Waals surface area contributed by atoms with Gasteiger partial charge in [-0.05, 0) is 25.7 Å². The zero-order valence-electron chi connectivity index (χ0n) is 22.7. The van der Waals surface area contributed by atoms with Crippen LogP contribution in [0.3, 0.4) is 0 Å². The minimum absolute atomic E-state index is 0.00623. The molecule has 3 N–H and O–H groups in total. The summed E-state index contributed by atoms with van der Waals surface area (Å²) in [6, 6.07) is 0. The summed E-state index contributed by atoms with van der Waals surface area (Å²) in [5.41, 5.74) is 0. The van der Waals surface area contributed by atoms with Gasteiger partial charge in [-0.3, -0.25) is 0 Å². The molecule has 202 valence electrons. The zero-order chi connectivity index (χ0) is 27.1. The van der Waals surface area contributed by atoms with Crippen LogP contribution in [0.5, 0.6) is 0 Å². The molecule has 0 aliphatic carbocycles. The summed E-state index contributed by atoms with van der Waals surface area (Å²) in [6.45, 7) is 13.5. The SMILES string of the molecule is C=C/C=C/C(C)C1OC(=O)/C=C/C=C/C(C)C(O)CC/C=C/C(C)C(O)C(C)/C=C/CCC(O)C1C. The third-order valence-corrected chi connectivity index (χ3v) is 7.03. The Morgan fingerprint density at radius 3 is 2.08 bits per heavy atom. The van der Waals surface area contributed by atoms with Gasteiger partial charge in [0.05, 0.1) is 18.3 Å². The molecule has 0 radical (unpaired) electrons. The van der Waals surface area contributed by atoms with Gasteiger partial charge in [0, 0.05) is 35.7 Å². The third-order valence-electron chi connectivity index (χ3n) is 7.03. The van der Waals surface area contributed by atoms with Gasteiger partial charge in [-0.25, -0.2) is 4.79 Å². The molecule has 0 saturated heterocycles. The van der Waals surface area contributed by atoms with Crippen molar-refractivity contribution in [2.45, 2.75) is 84.7 Å². The van der Waals surface area contributed by atoms with Crippen molar-refractivity contribution in [3.8, 4) is 0 Å². The first-order chi connectivity index (χ1) is 17.1. The van der Waals surface area contributed by atoms with E-state index in [1.54, 1.807) is 18.2 Å². The van der Waals surface area contributed by atoms with E-state index < -0.39 is 30.4 Å². The maximum absolute atomic E-state index is 12.6. The summed E-state index contributed by atoms with van der Waals surface area (Å²) in [5, 5.41) is 32.0. The second-order valence-electron chi connectivity index (χ2n) is 10.2. The van der Waals surface area contributed by atoms with Crippen molar-refractivity contribution in [3.05, 3.63) is 73.4 Å². The molecule has 0 saturated carbocycles. The van der Waals surface area contributed by atoms with Gasteiger partial charge in [0.2, 0.25) is 0 Å². The molecule has 0 spiro atoms. The summed E-state index contributed by atoms with van der Waals surface area (Å²) in [5.74, 6) is -0.971. The van der Waals surface area contributed by atoms with Crippen LogP contribution in [0.15, 0.2) is 73.4 Å². The van der Waals surface area contributed by atoms with E-state index in [0.717, 1.165) is 6.42 Å². The van der Waals surface area contributed by atoms with Crippen molar-refractivity contribution in [1.82, 2.24) is 0 Å². The molecular formula is C31H48O5. The van der Waals surface area contributed by atoms with E-state index in [0.29, 0.717) is 19.3 Å². The molecule has 5 nitrogen and oxygen atoms in total. The highest BCUT2D eigenvalue weighted by molar-refractivity contribution is 5.82. The Kier molecular flexibility index (Phi) is 15.3. The fourth-order valence-electron chi connectivity index (χ4n) is 4.34. The molecular weight excluding hydrogens is 452 g/mol. The van der Waals surface area contributed by atoms with Crippen LogP contribution in [0.25, 0.3) is 0 Å². The molecule has 0 aromatic rings. The Morgan fingerprint density at radius 2 is 1.50 bits per heavy atom. The van der Waals surface area contributed by atoms with Crippen LogP contribution in [-0.2, 0) is 9.53 Å². The third kappa shape index (κ3) is 11.7. The number of carbonyl (C=O) groups excluding carboxylic acids is 1. The van der Waals surface area contributed by atoms with Crippen LogP contribution < -0.4 is 0 Å². The molecule has 0 bridgehead atoms. The van der Waals surface area contributed by atoms with Gasteiger partial charge in [-0.2, -0.15) is 0 Å². The van der Waals surface area contributed by atoms with Crippen LogP contribution in [0.4, 0.5) is 0 Å². The topological polar surface area (TPSA) is 87.0 Å². The van der Waals surface area contributed by atoms with E-state index >= 15 is 0 Å². The predicted molar refractivity (Wildman–Crippen MR) is 148 cm³/mol. The maximum atomic E-state index is 12.6. The van der Waals surface area contributed by atoms with Gasteiger partial charge in [0.25, 0.3) is 0 Å². The Bertz CT molecular complexity index is 793.